The predicted molar refractivity (Wildman–Crippen MR) is 125 cm³/mol. The summed E-state index contributed by atoms with van der Waals surface area (Å²) >= 11 is 1.37. The summed E-state index contributed by atoms with van der Waals surface area (Å²) in [6, 6.07) is 21.5. The number of amides is 1. The number of carbonyl (C=O) groups is 1. The fourth-order valence-corrected chi connectivity index (χ4v) is 3.84. The maximum atomic E-state index is 12.2. The van der Waals surface area contributed by atoms with Crippen LogP contribution in [-0.4, -0.2) is 45.3 Å². The van der Waals surface area contributed by atoms with Crippen LogP contribution in [0.2, 0.25) is 0 Å². The van der Waals surface area contributed by atoms with Crippen molar-refractivity contribution in [2.24, 2.45) is 0 Å². The third-order valence-electron chi connectivity index (χ3n) is 4.83. The molecule has 0 unspecified atom stereocenters. The van der Waals surface area contributed by atoms with Crippen molar-refractivity contribution in [2.45, 2.75) is 11.4 Å². The monoisotopic (exact) mass is 445 g/mol. The van der Waals surface area contributed by atoms with Gasteiger partial charge in [-0.05, 0) is 48.4 Å². The molecule has 1 amide bonds. The summed E-state index contributed by atoms with van der Waals surface area (Å²) in [6.45, 7) is 0.554. The van der Waals surface area contributed by atoms with E-state index in [9.17, 15) is 4.79 Å². The smallest absolute Gasteiger partial charge is 0.230 e. The molecule has 0 spiro atoms. The van der Waals surface area contributed by atoms with Crippen LogP contribution in [0.1, 0.15) is 5.56 Å². The third-order valence-corrected chi connectivity index (χ3v) is 5.75. The Bertz CT molecular complexity index is 1150. The summed E-state index contributed by atoms with van der Waals surface area (Å²) in [7, 11) is 1.65. The van der Waals surface area contributed by atoms with E-state index in [2.05, 4.69) is 20.6 Å². The molecule has 4 aromatic rings. The number of ether oxygens (including phenoxy) is 1. The van der Waals surface area contributed by atoms with Gasteiger partial charge in [-0.25, -0.2) is 4.68 Å². The standard InChI is InChI=1S/C24H23N5O2S/c1-31-22-6-3-2-5-19(22)13-15-25-23(30)17-32-24-12-11-21(27-28-24)18-7-9-20(10-8-18)29-16-4-14-26-29/h2-12,14,16H,13,15,17H2,1H3,(H,25,30). The Morgan fingerprint density at radius 3 is 2.59 bits per heavy atom. The number of thioether (sulfide) groups is 1. The largest absolute Gasteiger partial charge is 0.496 e. The molecular weight excluding hydrogens is 422 g/mol. The Labute approximate surface area is 190 Å². The van der Waals surface area contributed by atoms with E-state index in [-0.39, 0.29) is 5.91 Å². The van der Waals surface area contributed by atoms with Gasteiger partial charge in [0, 0.05) is 24.5 Å². The molecule has 0 bridgehead atoms. The second-order valence-corrected chi connectivity index (χ2v) is 7.95. The molecule has 0 aliphatic rings. The number of carbonyl (C=O) groups excluding carboxylic acids is 1. The molecule has 4 rings (SSSR count). The van der Waals surface area contributed by atoms with Gasteiger partial charge in [-0.2, -0.15) is 5.10 Å². The fraction of sp³-hybridized carbons (Fsp3) is 0.167. The zero-order valence-corrected chi connectivity index (χ0v) is 18.5. The van der Waals surface area contributed by atoms with E-state index >= 15 is 0 Å². The van der Waals surface area contributed by atoms with Gasteiger partial charge in [0.2, 0.25) is 5.91 Å². The van der Waals surface area contributed by atoms with Crippen molar-refractivity contribution in [3.05, 3.63) is 84.7 Å². The highest BCUT2D eigenvalue weighted by atomic mass is 32.2. The summed E-state index contributed by atoms with van der Waals surface area (Å²) in [6.07, 6.45) is 4.36. The van der Waals surface area contributed by atoms with E-state index in [0.717, 1.165) is 28.3 Å². The first-order chi connectivity index (χ1) is 15.7. The Hall–Kier alpha value is -3.65. The Balaban J connectivity index is 1.25. The third kappa shape index (κ3) is 5.53. The molecule has 0 aliphatic heterocycles. The zero-order chi connectivity index (χ0) is 22.2. The molecular formula is C24H23N5O2S. The van der Waals surface area contributed by atoms with Crippen molar-refractivity contribution in [3.8, 4) is 22.7 Å². The molecule has 0 aliphatic carbocycles. The number of methoxy groups -OCH3 is 1. The van der Waals surface area contributed by atoms with Crippen LogP contribution in [0.3, 0.4) is 0 Å². The number of hydrogen-bond donors (Lipinski definition) is 1. The van der Waals surface area contributed by atoms with Gasteiger partial charge < -0.3 is 10.1 Å². The van der Waals surface area contributed by atoms with Crippen LogP contribution < -0.4 is 10.1 Å². The van der Waals surface area contributed by atoms with Crippen molar-refractivity contribution < 1.29 is 9.53 Å². The van der Waals surface area contributed by atoms with Gasteiger partial charge in [-0.15, -0.1) is 10.2 Å². The number of nitrogens with zero attached hydrogens (tertiary/aromatic N) is 4. The van der Waals surface area contributed by atoms with Crippen LogP contribution in [0, 0.1) is 0 Å². The average Bonchev–Trinajstić information content (AvgIpc) is 3.39. The number of hydrogen-bond acceptors (Lipinski definition) is 6. The summed E-state index contributed by atoms with van der Waals surface area (Å²) in [5.41, 5.74) is 3.80. The first-order valence-electron chi connectivity index (χ1n) is 10.2. The summed E-state index contributed by atoms with van der Waals surface area (Å²) in [5.74, 6) is 1.09. The van der Waals surface area contributed by atoms with Crippen LogP contribution in [0.5, 0.6) is 5.75 Å². The average molecular weight is 446 g/mol. The Morgan fingerprint density at radius 2 is 1.88 bits per heavy atom. The van der Waals surface area contributed by atoms with Gasteiger partial charge in [0.1, 0.15) is 10.8 Å². The van der Waals surface area contributed by atoms with E-state index in [0.29, 0.717) is 23.7 Å². The van der Waals surface area contributed by atoms with E-state index in [4.69, 9.17) is 4.74 Å². The van der Waals surface area contributed by atoms with E-state index in [1.54, 1.807) is 18.0 Å². The van der Waals surface area contributed by atoms with Crippen molar-refractivity contribution in [1.29, 1.82) is 0 Å². The molecule has 2 aromatic heterocycles. The lowest BCUT2D eigenvalue weighted by molar-refractivity contribution is -0.118. The van der Waals surface area contributed by atoms with E-state index < -0.39 is 0 Å². The van der Waals surface area contributed by atoms with E-state index in [1.165, 1.54) is 11.8 Å². The van der Waals surface area contributed by atoms with Crippen LogP contribution in [-0.2, 0) is 11.2 Å². The molecule has 1 N–H and O–H groups in total. The number of nitrogens with one attached hydrogen (secondary N) is 1. The highest BCUT2D eigenvalue weighted by Crippen LogP contribution is 2.21. The first-order valence-corrected chi connectivity index (χ1v) is 11.2. The lowest BCUT2D eigenvalue weighted by Gasteiger charge is -2.09. The lowest BCUT2D eigenvalue weighted by Crippen LogP contribution is -2.27. The molecule has 2 heterocycles. The van der Waals surface area contributed by atoms with Crippen molar-refractivity contribution >= 4 is 17.7 Å². The molecule has 0 fully saturated rings. The molecule has 162 valence electrons. The molecule has 2 aromatic carbocycles. The van der Waals surface area contributed by atoms with Gasteiger partial charge in [-0.3, -0.25) is 4.79 Å². The minimum absolute atomic E-state index is 0.0371. The van der Waals surface area contributed by atoms with Crippen LogP contribution in [0.4, 0.5) is 0 Å². The highest BCUT2D eigenvalue weighted by Gasteiger charge is 2.07. The van der Waals surface area contributed by atoms with Gasteiger partial charge >= 0.3 is 0 Å². The van der Waals surface area contributed by atoms with Gasteiger partial charge in [-0.1, -0.05) is 42.1 Å². The van der Waals surface area contributed by atoms with Crippen LogP contribution in [0.25, 0.3) is 16.9 Å². The van der Waals surface area contributed by atoms with Crippen molar-refractivity contribution in [2.75, 3.05) is 19.4 Å². The number of para-hydroxylation sites is 1. The van der Waals surface area contributed by atoms with E-state index in [1.807, 2.05) is 72.9 Å². The quantitative estimate of drug-likeness (QED) is 0.395. The SMILES string of the molecule is COc1ccccc1CCNC(=O)CSc1ccc(-c2ccc(-n3cccn3)cc2)nn1. The first kappa shape index (κ1) is 21.6. The number of rotatable bonds is 9. The van der Waals surface area contributed by atoms with Gasteiger partial charge in [0.05, 0.1) is 24.2 Å². The molecule has 0 saturated heterocycles. The minimum atomic E-state index is -0.0371. The minimum Gasteiger partial charge on any atom is -0.496 e. The Morgan fingerprint density at radius 1 is 1.03 bits per heavy atom. The fourth-order valence-electron chi connectivity index (χ4n) is 3.19. The molecule has 0 atom stereocenters. The molecule has 32 heavy (non-hydrogen) atoms. The summed E-state index contributed by atoms with van der Waals surface area (Å²) in [5, 5.41) is 16.4. The maximum absolute atomic E-state index is 12.2. The van der Waals surface area contributed by atoms with Crippen molar-refractivity contribution in [3.63, 3.8) is 0 Å². The summed E-state index contributed by atoms with van der Waals surface area (Å²) < 4.78 is 7.14. The number of aromatic nitrogens is 4. The van der Waals surface area contributed by atoms with Crippen LogP contribution in [0.15, 0.2) is 84.1 Å². The predicted octanol–water partition coefficient (Wildman–Crippen LogP) is 3.79. The topological polar surface area (TPSA) is 81.9 Å². The van der Waals surface area contributed by atoms with Gasteiger partial charge in [0.25, 0.3) is 0 Å². The van der Waals surface area contributed by atoms with Gasteiger partial charge in [0.15, 0.2) is 0 Å². The second kappa shape index (κ2) is 10.6. The normalized spacial score (nSPS) is 10.7. The molecule has 7 nitrogen and oxygen atoms in total. The van der Waals surface area contributed by atoms with Crippen molar-refractivity contribution in [1.82, 2.24) is 25.3 Å². The second-order valence-electron chi connectivity index (χ2n) is 6.95. The highest BCUT2D eigenvalue weighted by molar-refractivity contribution is 7.99. The maximum Gasteiger partial charge on any atom is 0.230 e. The zero-order valence-electron chi connectivity index (χ0n) is 17.6. The Kier molecular flexibility index (Phi) is 7.14. The molecule has 0 saturated carbocycles. The molecule has 8 heteroatoms. The lowest BCUT2D eigenvalue weighted by atomic mass is 10.1. The van der Waals surface area contributed by atoms with Crippen LogP contribution >= 0.6 is 11.8 Å². The number of benzene rings is 2. The molecule has 0 radical (unpaired) electrons. The summed E-state index contributed by atoms with van der Waals surface area (Å²) in [4.78, 5) is 12.2.